The lowest BCUT2D eigenvalue weighted by Gasteiger charge is -2.16. The second-order valence-corrected chi connectivity index (χ2v) is 4.64. The van der Waals surface area contributed by atoms with Crippen LogP contribution in [0.2, 0.25) is 0 Å². The molecule has 2 N–H and O–H groups in total. The molecule has 0 spiro atoms. The Morgan fingerprint density at radius 1 is 1.11 bits per heavy atom. The lowest BCUT2D eigenvalue weighted by atomic mass is 10.1. The lowest BCUT2D eigenvalue weighted by Crippen LogP contribution is -2.06. The highest BCUT2D eigenvalue weighted by Gasteiger charge is 2.06. The number of nitrogens with one attached hydrogen (secondary N) is 1. The first-order valence-electron chi connectivity index (χ1n) is 6.30. The number of hydrogen-bond acceptors (Lipinski definition) is 3. The number of rotatable bonds is 4. The molecule has 2 aromatic carbocycles. The van der Waals surface area contributed by atoms with Crippen molar-refractivity contribution in [1.82, 2.24) is 0 Å². The molecule has 0 bridgehead atoms. The molecule has 100 valence electrons. The highest BCUT2D eigenvalue weighted by Crippen LogP contribution is 2.25. The number of anilines is 1. The number of phenols is 1. The van der Waals surface area contributed by atoms with Gasteiger partial charge in [-0.1, -0.05) is 18.2 Å². The fraction of sp³-hybridized carbons (Fsp3) is 0.250. The number of aryl methyl sites for hydroxylation is 1. The smallest absolute Gasteiger partial charge is 0.120 e. The van der Waals surface area contributed by atoms with Crippen LogP contribution in [0, 0.1) is 6.92 Å². The van der Waals surface area contributed by atoms with E-state index in [1.807, 2.05) is 43.3 Å². The third-order valence-electron chi connectivity index (χ3n) is 3.21. The fourth-order valence-corrected chi connectivity index (χ4v) is 1.93. The fourth-order valence-electron chi connectivity index (χ4n) is 1.93. The lowest BCUT2D eigenvalue weighted by molar-refractivity contribution is 0.414. The van der Waals surface area contributed by atoms with Crippen LogP contribution in [0.4, 0.5) is 5.69 Å². The Labute approximate surface area is 113 Å². The molecular formula is C16H19NO2. The van der Waals surface area contributed by atoms with Crippen LogP contribution in [-0.4, -0.2) is 12.2 Å². The van der Waals surface area contributed by atoms with Crippen molar-refractivity contribution < 1.29 is 9.84 Å². The Hall–Kier alpha value is -2.16. The largest absolute Gasteiger partial charge is 0.508 e. The van der Waals surface area contributed by atoms with E-state index in [9.17, 15) is 5.11 Å². The molecule has 0 aliphatic heterocycles. The summed E-state index contributed by atoms with van der Waals surface area (Å²) in [5, 5.41) is 13.1. The number of phenolic OH excluding ortho intramolecular Hbond substituents is 1. The van der Waals surface area contributed by atoms with Gasteiger partial charge in [-0.15, -0.1) is 0 Å². The minimum Gasteiger partial charge on any atom is -0.508 e. The molecule has 2 aromatic rings. The quantitative estimate of drug-likeness (QED) is 0.873. The van der Waals surface area contributed by atoms with Gasteiger partial charge in [-0.2, -0.15) is 0 Å². The predicted molar refractivity (Wildman–Crippen MR) is 77.9 cm³/mol. The van der Waals surface area contributed by atoms with E-state index in [1.54, 1.807) is 13.2 Å². The summed E-state index contributed by atoms with van der Waals surface area (Å²) in [6.07, 6.45) is 0. The van der Waals surface area contributed by atoms with Crippen LogP contribution >= 0.6 is 0 Å². The molecule has 0 radical (unpaired) electrons. The SMILES string of the molecule is COc1ccc(C(C)Nc2ccc(C)c(O)c2)cc1. The van der Waals surface area contributed by atoms with Crippen molar-refractivity contribution in [1.29, 1.82) is 0 Å². The van der Waals surface area contributed by atoms with Crippen molar-refractivity contribution in [3.05, 3.63) is 53.6 Å². The van der Waals surface area contributed by atoms with Crippen LogP contribution in [0.1, 0.15) is 24.1 Å². The van der Waals surface area contributed by atoms with Gasteiger partial charge in [-0.05, 0) is 43.2 Å². The summed E-state index contributed by atoms with van der Waals surface area (Å²) in [5.74, 6) is 1.16. The molecule has 0 heterocycles. The van der Waals surface area contributed by atoms with Crippen LogP contribution in [0.25, 0.3) is 0 Å². The van der Waals surface area contributed by atoms with Gasteiger partial charge < -0.3 is 15.2 Å². The van der Waals surface area contributed by atoms with Crippen LogP contribution in [0.5, 0.6) is 11.5 Å². The average Bonchev–Trinajstić information content (AvgIpc) is 2.43. The Kier molecular flexibility index (Phi) is 3.95. The topological polar surface area (TPSA) is 41.5 Å². The highest BCUT2D eigenvalue weighted by atomic mass is 16.5. The normalized spacial score (nSPS) is 11.9. The molecule has 19 heavy (non-hydrogen) atoms. The van der Waals surface area contributed by atoms with Crippen molar-refractivity contribution in [2.45, 2.75) is 19.9 Å². The first kappa shape index (κ1) is 13.3. The minimum atomic E-state index is 0.160. The Morgan fingerprint density at radius 3 is 2.37 bits per heavy atom. The van der Waals surface area contributed by atoms with Gasteiger partial charge in [0.25, 0.3) is 0 Å². The van der Waals surface area contributed by atoms with Crippen LogP contribution in [-0.2, 0) is 0 Å². The maximum absolute atomic E-state index is 9.70. The molecule has 0 aromatic heterocycles. The molecule has 0 aliphatic carbocycles. The van der Waals surface area contributed by atoms with E-state index in [2.05, 4.69) is 12.2 Å². The first-order chi connectivity index (χ1) is 9.10. The van der Waals surface area contributed by atoms with E-state index < -0.39 is 0 Å². The maximum atomic E-state index is 9.70. The van der Waals surface area contributed by atoms with Gasteiger partial charge in [0.2, 0.25) is 0 Å². The summed E-state index contributed by atoms with van der Waals surface area (Å²) in [5.41, 5.74) is 2.95. The van der Waals surface area contributed by atoms with Crippen LogP contribution in [0.3, 0.4) is 0 Å². The summed E-state index contributed by atoms with van der Waals surface area (Å²) in [6.45, 7) is 3.96. The van der Waals surface area contributed by atoms with Gasteiger partial charge in [-0.25, -0.2) is 0 Å². The van der Waals surface area contributed by atoms with Gasteiger partial charge in [0, 0.05) is 17.8 Å². The minimum absolute atomic E-state index is 0.160. The van der Waals surface area contributed by atoms with E-state index in [0.717, 1.165) is 17.0 Å². The number of hydrogen-bond donors (Lipinski definition) is 2. The number of aromatic hydroxyl groups is 1. The van der Waals surface area contributed by atoms with Crippen LogP contribution < -0.4 is 10.1 Å². The molecule has 3 heteroatoms. The van der Waals surface area contributed by atoms with Crippen LogP contribution in [0.15, 0.2) is 42.5 Å². The second kappa shape index (κ2) is 5.65. The Bertz CT molecular complexity index is 549. The zero-order valence-electron chi connectivity index (χ0n) is 11.5. The van der Waals surface area contributed by atoms with E-state index in [0.29, 0.717) is 5.75 Å². The average molecular weight is 257 g/mol. The van der Waals surface area contributed by atoms with E-state index >= 15 is 0 Å². The van der Waals surface area contributed by atoms with Gasteiger partial charge in [0.05, 0.1) is 7.11 Å². The summed E-state index contributed by atoms with van der Waals surface area (Å²) in [4.78, 5) is 0. The third-order valence-corrected chi connectivity index (χ3v) is 3.21. The molecule has 0 saturated carbocycles. The third kappa shape index (κ3) is 3.19. The van der Waals surface area contributed by atoms with Crippen molar-refractivity contribution in [2.24, 2.45) is 0 Å². The first-order valence-corrected chi connectivity index (χ1v) is 6.30. The zero-order chi connectivity index (χ0) is 13.8. The molecule has 3 nitrogen and oxygen atoms in total. The standard InChI is InChI=1S/C16H19NO2/c1-11-4-7-14(10-16(11)18)17-12(2)13-5-8-15(19-3)9-6-13/h4-10,12,17-18H,1-3H3. The second-order valence-electron chi connectivity index (χ2n) is 4.64. The van der Waals surface area contributed by atoms with Gasteiger partial charge in [0.15, 0.2) is 0 Å². The van der Waals surface area contributed by atoms with Crippen molar-refractivity contribution in [3.8, 4) is 11.5 Å². The van der Waals surface area contributed by atoms with E-state index in [-0.39, 0.29) is 6.04 Å². The number of methoxy groups -OCH3 is 1. The summed E-state index contributed by atoms with van der Waals surface area (Å²) < 4.78 is 5.14. The summed E-state index contributed by atoms with van der Waals surface area (Å²) in [7, 11) is 1.66. The molecule has 1 unspecified atom stereocenters. The molecule has 1 atom stereocenters. The number of benzene rings is 2. The van der Waals surface area contributed by atoms with E-state index in [1.165, 1.54) is 5.56 Å². The molecular weight excluding hydrogens is 238 g/mol. The summed E-state index contributed by atoms with van der Waals surface area (Å²) >= 11 is 0. The van der Waals surface area contributed by atoms with Gasteiger partial charge in [-0.3, -0.25) is 0 Å². The predicted octanol–water partition coefficient (Wildman–Crippen LogP) is 3.88. The summed E-state index contributed by atoms with van der Waals surface area (Å²) in [6, 6.07) is 13.7. The highest BCUT2D eigenvalue weighted by molar-refractivity contribution is 5.52. The van der Waals surface area contributed by atoms with Gasteiger partial charge in [0.1, 0.15) is 11.5 Å². The maximum Gasteiger partial charge on any atom is 0.120 e. The molecule has 0 aliphatic rings. The number of ether oxygens (including phenoxy) is 1. The molecule has 0 fully saturated rings. The molecule has 0 saturated heterocycles. The van der Waals surface area contributed by atoms with Crippen molar-refractivity contribution in [3.63, 3.8) is 0 Å². The molecule has 0 amide bonds. The zero-order valence-corrected chi connectivity index (χ0v) is 11.5. The Balaban J connectivity index is 2.10. The monoisotopic (exact) mass is 257 g/mol. The molecule has 2 rings (SSSR count). The van der Waals surface area contributed by atoms with Gasteiger partial charge >= 0.3 is 0 Å². The van der Waals surface area contributed by atoms with Crippen molar-refractivity contribution in [2.75, 3.05) is 12.4 Å². The van der Waals surface area contributed by atoms with E-state index in [4.69, 9.17) is 4.74 Å². The van der Waals surface area contributed by atoms with Crippen molar-refractivity contribution >= 4 is 5.69 Å². The Morgan fingerprint density at radius 2 is 1.79 bits per heavy atom.